The number of rotatable bonds is 2. The molecule has 1 aliphatic carbocycles. The fourth-order valence-corrected chi connectivity index (χ4v) is 1.12. The van der Waals surface area contributed by atoms with Gasteiger partial charge in [-0.25, -0.2) is 4.98 Å². The molecule has 1 aromatic heterocycles. The first-order valence-electron chi connectivity index (χ1n) is 4.18. The van der Waals surface area contributed by atoms with Crippen molar-refractivity contribution in [2.45, 2.75) is 25.3 Å². The van der Waals surface area contributed by atoms with Gasteiger partial charge in [0.1, 0.15) is 5.82 Å². The number of hydrogen-bond acceptors (Lipinski definition) is 3. The summed E-state index contributed by atoms with van der Waals surface area (Å²) in [6.07, 6.45) is 4.18. The van der Waals surface area contributed by atoms with Crippen LogP contribution in [0.15, 0.2) is 18.3 Å². The number of pyridine rings is 1. The van der Waals surface area contributed by atoms with Crippen LogP contribution in [0.3, 0.4) is 0 Å². The molecule has 0 aromatic carbocycles. The average Bonchev–Trinajstić information content (AvgIpc) is 2.74. The molecule has 0 spiro atoms. The number of nitrogen functional groups attached to an aromatic ring is 1. The minimum absolute atomic E-state index is 0.252. The number of anilines is 2. The molecule has 0 saturated heterocycles. The standard InChI is InChI=1S/C9H13N3/c1-9(4-5-9)12-8-7(10)3-2-6-11-8/h2-3,6H,4-5,10H2,1H3,(H,11,12). The predicted molar refractivity (Wildman–Crippen MR) is 49.9 cm³/mol. The highest BCUT2D eigenvalue weighted by Crippen LogP contribution is 2.38. The predicted octanol–water partition coefficient (Wildman–Crippen LogP) is 1.63. The van der Waals surface area contributed by atoms with E-state index in [9.17, 15) is 0 Å². The van der Waals surface area contributed by atoms with E-state index < -0.39 is 0 Å². The fourth-order valence-electron chi connectivity index (χ4n) is 1.12. The van der Waals surface area contributed by atoms with E-state index in [1.54, 1.807) is 6.20 Å². The smallest absolute Gasteiger partial charge is 0.149 e. The topological polar surface area (TPSA) is 50.9 Å². The molecule has 0 amide bonds. The molecule has 1 saturated carbocycles. The molecular formula is C9H13N3. The summed E-state index contributed by atoms with van der Waals surface area (Å²) in [6, 6.07) is 3.71. The van der Waals surface area contributed by atoms with Crippen LogP contribution in [-0.2, 0) is 0 Å². The average molecular weight is 163 g/mol. The van der Waals surface area contributed by atoms with Gasteiger partial charge in [0.15, 0.2) is 0 Å². The Morgan fingerprint density at radius 1 is 1.58 bits per heavy atom. The SMILES string of the molecule is CC1(Nc2ncccc2N)CC1. The first kappa shape index (κ1) is 7.40. The lowest BCUT2D eigenvalue weighted by molar-refractivity contribution is 0.822. The van der Waals surface area contributed by atoms with Crippen molar-refractivity contribution in [3.63, 3.8) is 0 Å². The summed E-state index contributed by atoms with van der Waals surface area (Å²) in [5, 5.41) is 3.32. The lowest BCUT2D eigenvalue weighted by Gasteiger charge is -2.13. The molecule has 3 nitrogen and oxygen atoms in total. The van der Waals surface area contributed by atoms with Gasteiger partial charge >= 0.3 is 0 Å². The zero-order valence-corrected chi connectivity index (χ0v) is 7.17. The molecule has 64 valence electrons. The van der Waals surface area contributed by atoms with Crippen LogP contribution in [0, 0.1) is 0 Å². The van der Waals surface area contributed by atoms with E-state index in [4.69, 9.17) is 5.73 Å². The van der Waals surface area contributed by atoms with Gasteiger partial charge in [0, 0.05) is 11.7 Å². The van der Waals surface area contributed by atoms with Crippen LogP contribution in [0.2, 0.25) is 0 Å². The highest BCUT2D eigenvalue weighted by atomic mass is 15.1. The summed E-state index contributed by atoms with van der Waals surface area (Å²) in [5.41, 5.74) is 6.71. The van der Waals surface area contributed by atoms with Crippen molar-refractivity contribution >= 4 is 11.5 Å². The highest BCUT2D eigenvalue weighted by molar-refractivity contribution is 5.62. The number of hydrogen-bond donors (Lipinski definition) is 2. The molecule has 0 unspecified atom stereocenters. The Balaban J connectivity index is 2.17. The number of aromatic nitrogens is 1. The van der Waals surface area contributed by atoms with Gasteiger partial charge < -0.3 is 11.1 Å². The van der Waals surface area contributed by atoms with Crippen LogP contribution in [0.1, 0.15) is 19.8 Å². The zero-order chi connectivity index (χ0) is 8.60. The van der Waals surface area contributed by atoms with Gasteiger partial charge in [-0.3, -0.25) is 0 Å². The third-order valence-electron chi connectivity index (χ3n) is 2.26. The molecule has 1 heterocycles. The van der Waals surface area contributed by atoms with Crippen LogP contribution in [0.25, 0.3) is 0 Å². The molecule has 1 fully saturated rings. The summed E-state index contributed by atoms with van der Waals surface area (Å²) in [6.45, 7) is 2.18. The molecule has 1 aliphatic rings. The summed E-state index contributed by atoms with van der Waals surface area (Å²) >= 11 is 0. The number of nitrogens with two attached hydrogens (primary N) is 1. The normalized spacial score (nSPS) is 18.8. The van der Waals surface area contributed by atoms with Gasteiger partial charge in [0.25, 0.3) is 0 Å². The maximum atomic E-state index is 5.73. The second-order valence-corrected chi connectivity index (χ2v) is 3.63. The highest BCUT2D eigenvalue weighted by Gasteiger charge is 2.37. The van der Waals surface area contributed by atoms with Gasteiger partial charge in [-0.05, 0) is 31.9 Å². The molecular weight excluding hydrogens is 150 g/mol. The third kappa shape index (κ3) is 1.35. The van der Waals surface area contributed by atoms with E-state index in [2.05, 4.69) is 17.2 Å². The van der Waals surface area contributed by atoms with Crippen LogP contribution in [0.5, 0.6) is 0 Å². The van der Waals surface area contributed by atoms with Gasteiger partial charge in [-0.15, -0.1) is 0 Å². The van der Waals surface area contributed by atoms with Crippen molar-refractivity contribution in [3.8, 4) is 0 Å². The molecule has 12 heavy (non-hydrogen) atoms. The Morgan fingerprint density at radius 3 is 2.92 bits per heavy atom. The van der Waals surface area contributed by atoms with E-state index in [-0.39, 0.29) is 5.54 Å². The lowest BCUT2D eigenvalue weighted by Crippen LogP contribution is -2.17. The lowest BCUT2D eigenvalue weighted by atomic mass is 10.3. The first-order valence-corrected chi connectivity index (χ1v) is 4.18. The molecule has 0 radical (unpaired) electrons. The molecule has 3 heteroatoms. The first-order chi connectivity index (χ1) is 5.70. The maximum Gasteiger partial charge on any atom is 0.149 e. The Hall–Kier alpha value is -1.25. The Kier molecular flexibility index (Phi) is 1.46. The minimum Gasteiger partial charge on any atom is -0.396 e. The van der Waals surface area contributed by atoms with Gasteiger partial charge in [0.05, 0.1) is 5.69 Å². The monoisotopic (exact) mass is 163 g/mol. The molecule has 0 bridgehead atoms. The van der Waals surface area contributed by atoms with E-state index in [0.717, 1.165) is 11.5 Å². The Bertz CT molecular complexity index is 292. The quantitative estimate of drug-likeness (QED) is 0.696. The van der Waals surface area contributed by atoms with Crippen LogP contribution in [0.4, 0.5) is 11.5 Å². The molecule has 0 aliphatic heterocycles. The van der Waals surface area contributed by atoms with Crippen molar-refractivity contribution in [3.05, 3.63) is 18.3 Å². The van der Waals surface area contributed by atoms with Gasteiger partial charge in [-0.2, -0.15) is 0 Å². The summed E-state index contributed by atoms with van der Waals surface area (Å²) < 4.78 is 0. The van der Waals surface area contributed by atoms with Crippen LogP contribution in [-0.4, -0.2) is 10.5 Å². The molecule has 0 atom stereocenters. The third-order valence-corrected chi connectivity index (χ3v) is 2.26. The summed E-state index contributed by atoms with van der Waals surface area (Å²) in [7, 11) is 0. The van der Waals surface area contributed by atoms with E-state index >= 15 is 0 Å². The van der Waals surface area contributed by atoms with Crippen molar-refractivity contribution < 1.29 is 0 Å². The van der Waals surface area contributed by atoms with Crippen LogP contribution < -0.4 is 11.1 Å². The molecule has 2 rings (SSSR count). The van der Waals surface area contributed by atoms with Gasteiger partial charge in [0.2, 0.25) is 0 Å². The largest absolute Gasteiger partial charge is 0.396 e. The van der Waals surface area contributed by atoms with Crippen molar-refractivity contribution in [1.29, 1.82) is 0 Å². The van der Waals surface area contributed by atoms with E-state index in [1.807, 2.05) is 12.1 Å². The van der Waals surface area contributed by atoms with E-state index in [1.165, 1.54) is 12.8 Å². The fraction of sp³-hybridized carbons (Fsp3) is 0.444. The maximum absolute atomic E-state index is 5.73. The van der Waals surface area contributed by atoms with E-state index in [0.29, 0.717) is 0 Å². The zero-order valence-electron chi connectivity index (χ0n) is 7.17. The minimum atomic E-state index is 0.252. The summed E-state index contributed by atoms with van der Waals surface area (Å²) in [4.78, 5) is 4.17. The number of nitrogens with zero attached hydrogens (tertiary/aromatic N) is 1. The Morgan fingerprint density at radius 2 is 2.33 bits per heavy atom. The second kappa shape index (κ2) is 2.37. The second-order valence-electron chi connectivity index (χ2n) is 3.63. The molecule has 1 aromatic rings. The van der Waals surface area contributed by atoms with Crippen LogP contribution >= 0.6 is 0 Å². The Labute approximate surface area is 72.0 Å². The van der Waals surface area contributed by atoms with Crippen molar-refractivity contribution in [1.82, 2.24) is 4.98 Å². The van der Waals surface area contributed by atoms with Gasteiger partial charge in [-0.1, -0.05) is 0 Å². The van der Waals surface area contributed by atoms with Crippen molar-refractivity contribution in [2.24, 2.45) is 0 Å². The van der Waals surface area contributed by atoms with Crippen molar-refractivity contribution in [2.75, 3.05) is 11.1 Å². The molecule has 3 N–H and O–H groups in total. The summed E-state index contributed by atoms with van der Waals surface area (Å²) in [5.74, 6) is 0.817. The number of nitrogens with one attached hydrogen (secondary N) is 1.